The second-order valence-corrected chi connectivity index (χ2v) is 10.3. The Balaban J connectivity index is 1.82. The van der Waals surface area contributed by atoms with Crippen LogP contribution in [0.25, 0.3) is 0 Å². The van der Waals surface area contributed by atoms with Gasteiger partial charge in [0.05, 0.1) is 19.3 Å². The summed E-state index contributed by atoms with van der Waals surface area (Å²) >= 11 is 0. The molecular formula is C16H31BN4O7S. The lowest BCUT2D eigenvalue weighted by molar-refractivity contribution is -0.144. The zero-order valence-electron chi connectivity index (χ0n) is 16.4. The first-order valence-electron chi connectivity index (χ1n) is 10.1. The van der Waals surface area contributed by atoms with Crippen LogP contribution in [0.3, 0.4) is 0 Å². The van der Waals surface area contributed by atoms with Crippen molar-refractivity contribution in [3.63, 3.8) is 0 Å². The highest BCUT2D eigenvalue weighted by atomic mass is 32.2. The molecule has 13 heteroatoms. The molecule has 0 bridgehead atoms. The predicted octanol–water partition coefficient (Wildman–Crippen LogP) is -2.22. The maximum Gasteiger partial charge on any atom is 0.451 e. The van der Waals surface area contributed by atoms with Gasteiger partial charge in [-0.15, -0.1) is 0 Å². The molecule has 0 aromatic heterocycles. The second-order valence-electron chi connectivity index (χ2n) is 8.44. The van der Waals surface area contributed by atoms with Crippen LogP contribution in [0.1, 0.15) is 32.1 Å². The van der Waals surface area contributed by atoms with Gasteiger partial charge in [-0.05, 0) is 25.6 Å². The molecule has 0 radical (unpaired) electrons. The minimum atomic E-state index is -3.99. The lowest BCUT2D eigenvalue weighted by Gasteiger charge is -2.42. The smallest absolute Gasteiger partial charge is 0.451 e. The molecule has 3 aliphatic rings. The summed E-state index contributed by atoms with van der Waals surface area (Å²) in [5.41, 5.74) is 10.5. The predicted molar refractivity (Wildman–Crippen MR) is 105 cm³/mol. The zero-order valence-corrected chi connectivity index (χ0v) is 17.2. The fourth-order valence-corrected chi connectivity index (χ4v) is 6.59. The molecule has 7 N–H and O–H groups in total. The minimum absolute atomic E-state index is 0.0291. The van der Waals surface area contributed by atoms with E-state index in [-0.39, 0.29) is 45.1 Å². The molecular weight excluding hydrogens is 403 g/mol. The number of carboxylic acid groups (broad SMARTS) is 1. The van der Waals surface area contributed by atoms with Gasteiger partial charge in [-0.3, -0.25) is 4.79 Å². The van der Waals surface area contributed by atoms with Crippen molar-refractivity contribution in [3.8, 4) is 0 Å². The minimum Gasteiger partial charge on any atom is -0.480 e. The molecule has 2 aliphatic heterocycles. The molecule has 0 amide bonds. The van der Waals surface area contributed by atoms with E-state index in [0.717, 1.165) is 23.6 Å². The van der Waals surface area contributed by atoms with Gasteiger partial charge in [0, 0.05) is 31.1 Å². The van der Waals surface area contributed by atoms with Crippen LogP contribution in [0.4, 0.5) is 0 Å². The number of aliphatic carboxylic acids is 1. The molecule has 2 heterocycles. The van der Waals surface area contributed by atoms with E-state index in [9.17, 15) is 18.3 Å². The summed E-state index contributed by atoms with van der Waals surface area (Å²) in [7, 11) is -5.49. The number of nitrogens with two attached hydrogens (primary N) is 2. The monoisotopic (exact) mass is 434 g/mol. The number of ether oxygens (including phenoxy) is 1. The van der Waals surface area contributed by atoms with Gasteiger partial charge in [0.1, 0.15) is 5.54 Å². The highest BCUT2D eigenvalue weighted by molar-refractivity contribution is 7.86. The fraction of sp³-hybridized carbons (Fsp3) is 0.938. The Morgan fingerprint density at radius 3 is 2.48 bits per heavy atom. The number of carboxylic acids is 1. The summed E-state index contributed by atoms with van der Waals surface area (Å²) in [5.74, 6) is -1.90. The molecule has 2 saturated heterocycles. The molecule has 3 rings (SSSR count). The van der Waals surface area contributed by atoms with E-state index in [2.05, 4.69) is 0 Å². The summed E-state index contributed by atoms with van der Waals surface area (Å²) in [6, 6.07) is -1.08. The lowest BCUT2D eigenvalue weighted by Crippen LogP contribution is -2.60. The standard InChI is InChI=1S/C16H31BN4O7S/c18-13-8-28-9-14(13)21(12-4-1-5-12)29(26,27)20-7-11(3-2-6-17(24)25)16(19,10-20)15(22)23/h11-14,24-25H,1-10,18-19H2,(H,22,23)/t11-,13?,14?,16-/m0/s1. The van der Waals surface area contributed by atoms with Crippen LogP contribution in [-0.4, -0.2) is 95.2 Å². The molecule has 29 heavy (non-hydrogen) atoms. The number of hydrogen-bond acceptors (Lipinski definition) is 8. The highest BCUT2D eigenvalue weighted by Gasteiger charge is 2.55. The highest BCUT2D eigenvalue weighted by Crippen LogP contribution is 2.37. The summed E-state index contributed by atoms with van der Waals surface area (Å²) in [6.07, 6.45) is 3.09. The SMILES string of the molecule is NC1COCC1N(C1CCC1)S(=O)(=O)N1C[C@H](CCCB(O)O)[C@](N)(C(=O)O)C1. The number of hydrogen-bond donors (Lipinski definition) is 5. The van der Waals surface area contributed by atoms with Crippen molar-refractivity contribution < 1.29 is 33.1 Å². The van der Waals surface area contributed by atoms with E-state index in [1.54, 1.807) is 0 Å². The lowest BCUT2D eigenvalue weighted by atomic mass is 9.78. The first-order chi connectivity index (χ1) is 13.6. The molecule has 11 nitrogen and oxygen atoms in total. The number of rotatable bonds is 9. The Labute approximate surface area is 171 Å². The third-order valence-corrected chi connectivity index (χ3v) is 8.48. The quantitative estimate of drug-likeness (QED) is 0.251. The van der Waals surface area contributed by atoms with Crippen LogP contribution in [0.5, 0.6) is 0 Å². The van der Waals surface area contributed by atoms with Gasteiger partial charge in [0.15, 0.2) is 0 Å². The van der Waals surface area contributed by atoms with E-state index >= 15 is 0 Å². The maximum absolute atomic E-state index is 13.6. The van der Waals surface area contributed by atoms with Gasteiger partial charge in [0.2, 0.25) is 0 Å². The van der Waals surface area contributed by atoms with Gasteiger partial charge in [-0.2, -0.15) is 17.0 Å². The van der Waals surface area contributed by atoms with Gasteiger partial charge in [-0.25, -0.2) is 0 Å². The molecule has 2 unspecified atom stereocenters. The van der Waals surface area contributed by atoms with Gasteiger partial charge < -0.3 is 31.4 Å². The van der Waals surface area contributed by atoms with E-state index in [0.29, 0.717) is 6.42 Å². The van der Waals surface area contributed by atoms with Crippen LogP contribution in [-0.2, 0) is 19.7 Å². The van der Waals surface area contributed by atoms with E-state index in [1.807, 2.05) is 0 Å². The van der Waals surface area contributed by atoms with Crippen LogP contribution in [0.2, 0.25) is 6.32 Å². The molecule has 4 atom stereocenters. The fourth-order valence-electron chi connectivity index (χ4n) is 4.43. The number of nitrogens with zero attached hydrogens (tertiary/aromatic N) is 2. The van der Waals surface area contributed by atoms with E-state index in [4.69, 9.17) is 26.3 Å². The van der Waals surface area contributed by atoms with Gasteiger partial charge >= 0.3 is 13.1 Å². The molecule has 1 aliphatic carbocycles. The van der Waals surface area contributed by atoms with Crippen molar-refractivity contribution in [2.75, 3.05) is 26.3 Å². The second kappa shape index (κ2) is 8.75. The first-order valence-corrected chi connectivity index (χ1v) is 11.5. The van der Waals surface area contributed by atoms with Crippen molar-refractivity contribution in [2.24, 2.45) is 17.4 Å². The Morgan fingerprint density at radius 1 is 1.31 bits per heavy atom. The Kier molecular flexibility index (Phi) is 6.90. The maximum atomic E-state index is 13.6. The Hall–Kier alpha value is -0.795. The van der Waals surface area contributed by atoms with Crippen LogP contribution in [0, 0.1) is 5.92 Å². The van der Waals surface area contributed by atoms with Crippen molar-refractivity contribution in [1.29, 1.82) is 0 Å². The molecule has 0 spiro atoms. The van der Waals surface area contributed by atoms with E-state index in [1.165, 1.54) is 4.31 Å². The topological polar surface area (TPSA) is 180 Å². The van der Waals surface area contributed by atoms with Crippen LogP contribution < -0.4 is 11.5 Å². The summed E-state index contributed by atoms with van der Waals surface area (Å²) in [5, 5.41) is 27.8. The van der Waals surface area contributed by atoms with E-state index < -0.39 is 46.8 Å². The van der Waals surface area contributed by atoms with Crippen LogP contribution in [0.15, 0.2) is 0 Å². The average molecular weight is 434 g/mol. The van der Waals surface area contributed by atoms with Crippen molar-refractivity contribution >= 4 is 23.3 Å². The molecule has 1 saturated carbocycles. The van der Waals surface area contributed by atoms with Crippen molar-refractivity contribution in [1.82, 2.24) is 8.61 Å². The third-order valence-electron chi connectivity index (χ3n) is 6.45. The van der Waals surface area contributed by atoms with Gasteiger partial charge in [-0.1, -0.05) is 12.8 Å². The van der Waals surface area contributed by atoms with Gasteiger partial charge in [0.25, 0.3) is 10.2 Å². The summed E-state index contributed by atoms with van der Waals surface area (Å²) < 4.78 is 35.1. The number of carbonyl (C=O) groups is 1. The Bertz CT molecular complexity index is 707. The van der Waals surface area contributed by atoms with Crippen molar-refractivity contribution in [2.45, 2.75) is 62.1 Å². The molecule has 3 fully saturated rings. The van der Waals surface area contributed by atoms with Crippen molar-refractivity contribution in [3.05, 3.63) is 0 Å². The average Bonchev–Trinajstić information content (AvgIpc) is 3.15. The summed E-state index contributed by atoms with van der Waals surface area (Å²) in [6.45, 7) is 0.141. The zero-order chi connectivity index (χ0) is 21.4. The molecule has 0 aromatic rings. The van der Waals surface area contributed by atoms with Crippen LogP contribution >= 0.6 is 0 Å². The summed E-state index contributed by atoms with van der Waals surface area (Å²) in [4.78, 5) is 11.9. The largest absolute Gasteiger partial charge is 0.480 e. The normalized spacial score (nSPS) is 33.9. The first kappa shape index (κ1) is 22.9. The Morgan fingerprint density at radius 2 is 2.00 bits per heavy atom. The molecule has 166 valence electrons. The third kappa shape index (κ3) is 4.47. The molecule has 0 aromatic carbocycles.